The normalized spacial score (nSPS) is 11.3. The second kappa shape index (κ2) is 8.25. The van der Waals surface area contributed by atoms with Gasteiger partial charge in [0, 0.05) is 0 Å². The highest BCUT2D eigenvalue weighted by Crippen LogP contribution is 2.29. The molecule has 0 N–H and O–H groups in total. The molecule has 0 atom stereocenters. The van der Waals surface area contributed by atoms with Gasteiger partial charge in [-0.15, -0.1) is 0 Å². The predicted molar refractivity (Wildman–Crippen MR) is 107 cm³/mol. The highest BCUT2D eigenvalue weighted by Gasteiger charge is 2.26. The molecule has 0 aliphatic carbocycles. The first-order valence-electron chi connectivity index (χ1n) is 9.29. The van der Waals surface area contributed by atoms with E-state index in [1.165, 1.54) is 0 Å². The van der Waals surface area contributed by atoms with Crippen molar-refractivity contribution in [1.82, 2.24) is 14.8 Å². The number of benzene rings is 1. The molecule has 146 valence electrons. The van der Waals surface area contributed by atoms with Crippen LogP contribution in [0.25, 0.3) is 11.4 Å². The van der Waals surface area contributed by atoms with Crippen molar-refractivity contribution >= 4 is 5.97 Å². The summed E-state index contributed by atoms with van der Waals surface area (Å²) in [7, 11) is 0. The van der Waals surface area contributed by atoms with Crippen molar-refractivity contribution in [3.63, 3.8) is 0 Å². The Kier molecular flexibility index (Phi) is 5.78. The maximum atomic E-state index is 12.4. The Balaban J connectivity index is 1.88. The van der Waals surface area contributed by atoms with Crippen LogP contribution in [0.4, 0.5) is 0 Å². The molecule has 6 heteroatoms. The molecule has 6 nitrogen and oxygen atoms in total. The van der Waals surface area contributed by atoms with Crippen molar-refractivity contribution in [2.24, 2.45) is 0 Å². The minimum Gasteiger partial charge on any atom is -0.487 e. The highest BCUT2D eigenvalue weighted by molar-refractivity contribution is 5.95. The van der Waals surface area contributed by atoms with E-state index in [0.717, 1.165) is 5.56 Å². The number of carbonyl (C=O) groups is 1. The van der Waals surface area contributed by atoms with Gasteiger partial charge in [0.1, 0.15) is 23.6 Å². The van der Waals surface area contributed by atoms with Crippen molar-refractivity contribution in [2.75, 3.05) is 6.61 Å². The highest BCUT2D eigenvalue weighted by atomic mass is 16.5. The standard InChI is InChI=1S/C22H25N3O3/c1-5-27-21(26)18-14-24-25(22(2,3)4)20(18)19-12-11-17(13-23-19)28-15-16-9-7-6-8-10-16/h6-14H,5,15H2,1-4H3. The van der Waals surface area contributed by atoms with Crippen LogP contribution in [0.1, 0.15) is 43.6 Å². The third-order valence-electron chi connectivity index (χ3n) is 4.13. The van der Waals surface area contributed by atoms with E-state index in [-0.39, 0.29) is 5.54 Å². The van der Waals surface area contributed by atoms with E-state index >= 15 is 0 Å². The summed E-state index contributed by atoms with van der Waals surface area (Å²) >= 11 is 0. The summed E-state index contributed by atoms with van der Waals surface area (Å²) in [6.07, 6.45) is 3.20. The predicted octanol–water partition coefficient (Wildman–Crippen LogP) is 4.46. The minimum absolute atomic E-state index is 0.304. The molecular weight excluding hydrogens is 354 g/mol. The Labute approximate surface area is 165 Å². The summed E-state index contributed by atoms with van der Waals surface area (Å²) < 4.78 is 12.8. The van der Waals surface area contributed by atoms with E-state index in [4.69, 9.17) is 9.47 Å². The quantitative estimate of drug-likeness (QED) is 0.592. The lowest BCUT2D eigenvalue weighted by Gasteiger charge is -2.22. The van der Waals surface area contributed by atoms with Crippen molar-refractivity contribution in [3.05, 3.63) is 66.0 Å². The average molecular weight is 379 g/mol. The number of nitrogens with zero attached hydrogens (tertiary/aromatic N) is 3. The number of pyridine rings is 1. The smallest absolute Gasteiger partial charge is 0.342 e. The Morgan fingerprint density at radius 1 is 1.07 bits per heavy atom. The molecule has 0 radical (unpaired) electrons. The first kappa shape index (κ1) is 19.6. The van der Waals surface area contributed by atoms with Crippen LogP contribution in [-0.4, -0.2) is 27.3 Å². The Morgan fingerprint density at radius 3 is 2.43 bits per heavy atom. The van der Waals surface area contributed by atoms with Crippen molar-refractivity contribution in [2.45, 2.75) is 39.8 Å². The molecule has 2 aromatic heterocycles. The van der Waals surface area contributed by atoms with Crippen LogP contribution in [0, 0.1) is 0 Å². The molecule has 0 spiro atoms. The molecule has 0 saturated carbocycles. The second-order valence-electron chi connectivity index (χ2n) is 7.36. The molecule has 3 aromatic rings. The maximum absolute atomic E-state index is 12.4. The van der Waals surface area contributed by atoms with Gasteiger partial charge < -0.3 is 9.47 Å². The van der Waals surface area contributed by atoms with Gasteiger partial charge >= 0.3 is 5.97 Å². The van der Waals surface area contributed by atoms with Gasteiger partial charge in [-0.1, -0.05) is 30.3 Å². The fraction of sp³-hybridized carbons (Fsp3) is 0.318. The van der Waals surface area contributed by atoms with Gasteiger partial charge in [-0.2, -0.15) is 5.10 Å². The zero-order valence-electron chi connectivity index (χ0n) is 16.7. The molecule has 0 saturated heterocycles. The van der Waals surface area contributed by atoms with Crippen LogP contribution in [0.3, 0.4) is 0 Å². The van der Waals surface area contributed by atoms with E-state index in [9.17, 15) is 4.79 Å². The molecule has 0 bridgehead atoms. The molecule has 0 aliphatic heterocycles. The minimum atomic E-state index is -0.404. The van der Waals surface area contributed by atoms with Gasteiger partial charge in [-0.25, -0.2) is 4.79 Å². The Morgan fingerprint density at radius 2 is 1.82 bits per heavy atom. The number of ether oxygens (including phenoxy) is 2. The van der Waals surface area contributed by atoms with Gasteiger partial charge in [0.2, 0.25) is 0 Å². The maximum Gasteiger partial charge on any atom is 0.342 e. The third-order valence-corrected chi connectivity index (χ3v) is 4.13. The number of carbonyl (C=O) groups excluding carboxylic acids is 1. The number of hydrogen-bond acceptors (Lipinski definition) is 5. The summed E-state index contributed by atoms with van der Waals surface area (Å²) in [6.45, 7) is 8.62. The van der Waals surface area contributed by atoms with E-state index in [0.29, 0.717) is 35.9 Å². The molecule has 0 fully saturated rings. The van der Waals surface area contributed by atoms with Gasteiger partial charge in [0.25, 0.3) is 0 Å². The Bertz CT molecular complexity index is 926. The van der Waals surface area contributed by atoms with Crippen LogP contribution < -0.4 is 4.74 Å². The van der Waals surface area contributed by atoms with Crippen LogP contribution in [0.2, 0.25) is 0 Å². The summed E-state index contributed by atoms with van der Waals surface area (Å²) in [4.78, 5) is 16.9. The topological polar surface area (TPSA) is 66.2 Å². The van der Waals surface area contributed by atoms with Crippen molar-refractivity contribution in [3.8, 4) is 17.1 Å². The van der Waals surface area contributed by atoms with Gasteiger partial charge in [0.05, 0.1) is 30.2 Å². The lowest BCUT2D eigenvalue weighted by Crippen LogP contribution is -2.24. The fourth-order valence-corrected chi connectivity index (χ4v) is 2.81. The third kappa shape index (κ3) is 4.39. The summed E-state index contributed by atoms with van der Waals surface area (Å²) in [5.41, 5.74) is 2.46. The molecule has 3 rings (SSSR count). The van der Waals surface area contributed by atoms with E-state index < -0.39 is 5.97 Å². The number of esters is 1. The molecule has 0 aliphatic rings. The zero-order chi connectivity index (χ0) is 20.1. The van der Waals surface area contributed by atoms with Gasteiger partial charge in [-0.3, -0.25) is 9.67 Å². The monoisotopic (exact) mass is 379 g/mol. The lowest BCUT2D eigenvalue weighted by molar-refractivity contribution is 0.0527. The first-order chi connectivity index (χ1) is 13.4. The molecule has 2 heterocycles. The van der Waals surface area contributed by atoms with Crippen LogP contribution >= 0.6 is 0 Å². The molecule has 1 aromatic carbocycles. The average Bonchev–Trinajstić information content (AvgIpc) is 3.13. The Hall–Kier alpha value is -3.15. The van der Waals surface area contributed by atoms with E-state index in [1.54, 1.807) is 24.0 Å². The summed E-state index contributed by atoms with van der Waals surface area (Å²) in [6, 6.07) is 13.6. The number of hydrogen-bond donors (Lipinski definition) is 0. The largest absolute Gasteiger partial charge is 0.487 e. The van der Waals surface area contributed by atoms with Gasteiger partial charge in [0.15, 0.2) is 0 Å². The fourth-order valence-electron chi connectivity index (χ4n) is 2.81. The van der Waals surface area contributed by atoms with Crippen LogP contribution in [0.5, 0.6) is 5.75 Å². The SMILES string of the molecule is CCOC(=O)c1cnn(C(C)(C)C)c1-c1ccc(OCc2ccccc2)cn1. The number of rotatable bonds is 6. The molecule has 28 heavy (non-hydrogen) atoms. The molecule has 0 unspecified atom stereocenters. The number of aromatic nitrogens is 3. The van der Waals surface area contributed by atoms with Crippen molar-refractivity contribution in [1.29, 1.82) is 0 Å². The molecule has 0 amide bonds. The summed E-state index contributed by atoms with van der Waals surface area (Å²) in [5, 5.41) is 4.41. The van der Waals surface area contributed by atoms with Gasteiger partial charge in [-0.05, 0) is 45.4 Å². The second-order valence-corrected chi connectivity index (χ2v) is 7.36. The zero-order valence-corrected chi connectivity index (χ0v) is 16.7. The van der Waals surface area contributed by atoms with Crippen LogP contribution in [0.15, 0.2) is 54.9 Å². The van der Waals surface area contributed by atoms with Crippen LogP contribution in [-0.2, 0) is 16.9 Å². The lowest BCUT2D eigenvalue weighted by atomic mass is 10.1. The van der Waals surface area contributed by atoms with Crippen molar-refractivity contribution < 1.29 is 14.3 Å². The molecular formula is C22H25N3O3. The first-order valence-corrected chi connectivity index (χ1v) is 9.29. The van der Waals surface area contributed by atoms with E-state index in [2.05, 4.69) is 10.1 Å². The van der Waals surface area contributed by atoms with E-state index in [1.807, 2.05) is 63.2 Å². The summed E-state index contributed by atoms with van der Waals surface area (Å²) in [5.74, 6) is 0.256.